The predicted octanol–water partition coefficient (Wildman–Crippen LogP) is 3.32. The lowest BCUT2D eigenvalue weighted by atomic mass is 10.2. The van der Waals surface area contributed by atoms with E-state index < -0.39 is 10.1 Å². The van der Waals surface area contributed by atoms with Crippen LogP contribution in [0.15, 0.2) is 59.6 Å². The van der Waals surface area contributed by atoms with E-state index in [9.17, 15) is 8.42 Å². The van der Waals surface area contributed by atoms with Gasteiger partial charge in [0.25, 0.3) is 0 Å². The molecule has 0 atom stereocenters. The van der Waals surface area contributed by atoms with Crippen LogP contribution >= 0.6 is 0 Å². The minimum atomic E-state index is -4.04. The number of pyridine rings is 1. The second-order valence-corrected chi connectivity index (χ2v) is 6.54. The van der Waals surface area contributed by atoms with Gasteiger partial charge in [-0.3, -0.25) is 4.98 Å². The van der Waals surface area contributed by atoms with E-state index in [1.807, 2.05) is 12.1 Å². The third-order valence-corrected chi connectivity index (χ3v) is 4.64. The standard InChI is InChI=1S/C17H15NO4S/c1-12-8-9-14(21-2)16(11-12)23(19,20)22-15-7-3-5-13-6-4-10-18-17(13)15/h3-11H,1-2H3. The number of methoxy groups -OCH3 is 1. The van der Waals surface area contributed by atoms with E-state index in [2.05, 4.69) is 4.98 Å². The second-order valence-electron chi connectivity index (χ2n) is 5.02. The van der Waals surface area contributed by atoms with Crippen molar-refractivity contribution in [1.29, 1.82) is 0 Å². The van der Waals surface area contributed by atoms with Gasteiger partial charge in [0.2, 0.25) is 0 Å². The molecule has 0 aliphatic carbocycles. The van der Waals surface area contributed by atoms with Gasteiger partial charge in [0, 0.05) is 11.6 Å². The van der Waals surface area contributed by atoms with Crippen molar-refractivity contribution in [3.05, 3.63) is 60.3 Å². The summed E-state index contributed by atoms with van der Waals surface area (Å²) in [6, 6.07) is 13.7. The maximum Gasteiger partial charge on any atom is 0.343 e. The Kier molecular flexibility index (Phi) is 3.92. The number of benzene rings is 2. The van der Waals surface area contributed by atoms with Crippen LogP contribution in [0, 0.1) is 6.92 Å². The van der Waals surface area contributed by atoms with Gasteiger partial charge in [0.05, 0.1) is 7.11 Å². The maximum absolute atomic E-state index is 12.6. The molecule has 0 unspecified atom stereocenters. The number of hydrogen-bond donors (Lipinski definition) is 0. The normalized spacial score (nSPS) is 11.4. The number of ether oxygens (including phenoxy) is 1. The zero-order chi connectivity index (χ0) is 16.4. The van der Waals surface area contributed by atoms with Crippen LogP contribution in [0.5, 0.6) is 11.5 Å². The van der Waals surface area contributed by atoms with Crippen LogP contribution in [0.1, 0.15) is 5.56 Å². The molecular formula is C17H15NO4S. The fourth-order valence-electron chi connectivity index (χ4n) is 2.29. The first kappa shape index (κ1) is 15.3. The van der Waals surface area contributed by atoms with E-state index in [4.69, 9.17) is 8.92 Å². The quantitative estimate of drug-likeness (QED) is 0.687. The summed E-state index contributed by atoms with van der Waals surface area (Å²) >= 11 is 0. The molecule has 0 saturated carbocycles. The van der Waals surface area contributed by atoms with E-state index >= 15 is 0 Å². The van der Waals surface area contributed by atoms with E-state index in [1.165, 1.54) is 13.2 Å². The number of nitrogens with zero attached hydrogens (tertiary/aromatic N) is 1. The highest BCUT2D eigenvalue weighted by Gasteiger charge is 2.23. The molecule has 23 heavy (non-hydrogen) atoms. The molecule has 0 fully saturated rings. The highest BCUT2D eigenvalue weighted by atomic mass is 32.2. The summed E-state index contributed by atoms with van der Waals surface area (Å²) in [5, 5.41) is 0.802. The molecule has 6 heteroatoms. The Bertz CT molecular complexity index is 962. The Morgan fingerprint density at radius 2 is 1.78 bits per heavy atom. The molecule has 5 nitrogen and oxygen atoms in total. The molecule has 0 aliphatic heterocycles. The molecule has 1 heterocycles. The van der Waals surface area contributed by atoms with Crippen molar-refractivity contribution in [2.45, 2.75) is 11.8 Å². The Balaban J connectivity index is 2.09. The summed E-state index contributed by atoms with van der Waals surface area (Å²) in [4.78, 5) is 4.19. The van der Waals surface area contributed by atoms with Crippen LogP contribution in [-0.2, 0) is 10.1 Å². The molecule has 3 aromatic rings. The van der Waals surface area contributed by atoms with Crippen LogP contribution < -0.4 is 8.92 Å². The van der Waals surface area contributed by atoms with Gasteiger partial charge < -0.3 is 8.92 Å². The minimum absolute atomic E-state index is 0.00654. The van der Waals surface area contributed by atoms with Gasteiger partial charge in [-0.05, 0) is 36.8 Å². The highest BCUT2D eigenvalue weighted by molar-refractivity contribution is 7.87. The zero-order valence-corrected chi connectivity index (χ0v) is 13.5. The smallest absolute Gasteiger partial charge is 0.343 e. The summed E-state index contributed by atoms with van der Waals surface area (Å²) in [7, 11) is -2.62. The second kappa shape index (κ2) is 5.89. The van der Waals surface area contributed by atoms with Gasteiger partial charge in [-0.2, -0.15) is 8.42 Å². The molecule has 118 valence electrons. The molecule has 0 bridgehead atoms. The van der Waals surface area contributed by atoms with E-state index in [-0.39, 0.29) is 16.4 Å². The molecule has 0 radical (unpaired) electrons. The molecule has 0 aliphatic rings. The number of hydrogen-bond acceptors (Lipinski definition) is 5. The summed E-state index contributed by atoms with van der Waals surface area (Å²) in [6.07, 6.45) is 1.59. The van der Waals surface area contributed by atoms with Crippen LogP contribution in [0.25, 0.3) is 10.9 Å². The van der Waals surface area contributed by atoms with Crippen LogP contribution in [0.2, 0.25) is 0 Å². The van der Waals surface area contributed by atoms with Crippen molar-refractivity contribution in [3.63, 3.8) is 0 Å². The lowest BCUT2D eigenvalue weighted by Gasteiger charge is -2.12. The fourth-order valence-corrected chi connectivity index (χ4v) is 3.47. The number of rotatable bonds is 4. The summed E-state index contributed by atoms with van der Waals surface area (Å²) in [5.74, 6) is 0.426. The first-order valence-electron chi connectivity index (χ1n) is 6.94. The SMILES string of the molecule is COc1ccc(C)cc1S(=O)(=O)Oc1cccc2cccnc12. The van der Waals surface area contributed by atoms with Gasteiger partial charge in [0.15, 0.2) is 5.75 Å². The molecule has 0 saturated heterocycles. The van der Waals surface area contributed by atoms with Gasteiger partial charge >= 0.3 is 10.1 Å². The largest absolute Gasteiger partial charge is 0.495 e. The van der Waals surface area contributed by atoms with Crippen molar-refractivity contribution >= 4 is 21.0 Å². The summed E-state index contributed by atoms with van der Waals surface area (Å²) in [5.41, 5.74) is 1.29. The Morgan fingerprint density at radius 3 is 2.57 bits per heavy atom. The molecule has 2 aromatic carbocycles. The third-order valence-electron chi connectivity index (χ3n) is 3.38. The van der Waals surface area contributed by atoms with Crippen LogP contribution in [0.4, 0.5) is 0 Å². The average Bonchev–Trinajstić information content (AvgIpc) is 2.55. The first-order chi connectivity index (χ1) is 11.0. The van der Waals surface area contributed by atoms with Gasteiger partial charge in [-0.25, -0.2) is 0 Å². The van der Waals surface area contributed by atoms with E-state index in [1.54, 1.807) is 43.5 Å². The molecule has 0 amide bonds. The van der Waals surface area contributed by atoms with Crippen molar-refractivity contribution in [3.8, 4) is 11.5 Å². The number of fused-ring (bicyclic) bond motifs is 1. The lowest BCUT2D eigenvalue weighted by molar-refractivity contribution is 0.398. The molecular weight excluding hydrogens is 314 g/mol. The number of aryl methyl sites for hydroxylation is 1. The number of para-hydroxylation sites is 1. The Morgan fingerprint density at radius 1 is 1.00 bits per heavy atom. The molecule has 0 spiro atoms. The van der Waals surface area contributed by atoms with Crippen molar-refractivity contribution in [1.82, 2.24) is 4.98 Å². The lowest BCUT2D eigenvalue weighted by Crippen LogP contribution is -2.12. The maximum atomic E-state index is 12.6. The Labute approximate surface area is 134 Å². The monoisotopic (exact) mass is 329 g/mol. The van der Waals surface area contributed by atoms with Crippen molar-refractivity contribution < 1.29 is 17.3 Å². The van der Waals surface area contributed by atoms with Crippen molar-refractivity contribution in [2.75, 3.05) is 7.11 Å². The number of aromatic nitrogens is 1. The molecule has 0 N–H and O–H groups in total. The summed E-state index contributed by atoms with van der Waals surface area (Å²) in [6.45, 7) is 1.80. The van der Waals surface area contributed by atoms with Crippen LogP contribution in [0.3, 0.4) is 0 Å². The Hall–Kier alpha value is -2.60. The predicted molar refractivity (Wildman–Crippen MR) is 87.3 cm³/mol. The zero-order valence-electron chi connectivity index (χ0n) is 12.7. The van der Waals surface area contributed by atoms with E-state index in [0.29, 0.717) is 5.52 Å². The molecule has 3 rings (SSSR count). The highest BCUT2D eigenvalue weighted by Crippen LogP contribution is 2.30. The van der Waals surface area contributed by atoms with Gasteiger partial charge in [0.1, 0.15) is 16.2 Å². The third kappa shape index (κ3) is 2.98. The van der Waals surface area contributed by atoms with E-state index in [0.717, 1.165) is 10.9 Å². The topological polar surface area (TPSA) is 65.5 Å². The fraction of sp³-hybridized carbons (Fsp3) is 0.118. The van der Waals surface area contributed by atoms with Gasteiger partial charge in [-0.1, -0.05) is 24.3 Å². The first-order valence-corrected chi connectivity index (χ1v) is 8.35. The average molecular weight is 329 g/mol. The van der Waals surface area contributed by atoms with Crippen molar-refractivity contribution in [2.24, 2.45) is 0 Å². The molecule has 1 aromatic heterocycles. The summed E-state index contributed by atoms with van der Waals surface area (Å²) < 4.78 is 35.8. The minimum Gasteiger partial charge on any atom is -0.495 e. The van der Waals surface area contributed by atoms with Gasteiger partial charge in [-0.15, -0.1) is 0 Å². The van der Waals surface area contributed by atoms with Crippen LogP contribution in [-0.4, -0.2) is 20.5 Å².